The van der Waals surface area contributed by atoms with Crippen molar-refractivity contribution < 1.29 is 9.64 Å². The Morgan fingerprint density at radius 3 is 2.79 bits per heavy atom. The number of aromatic amines is 1. The first-order valence-electron chi connectivity index (χ1n) is 8.72. The lowest BCUT2D eigenvalue weighted by Gasteiger charge is -2.25. The topological polar surface area (TPSA) is 29.5 Å². The number of ether oxygens (including phenoxy) is 1. The molecule has 0 bridgehead atoms. The number of rotatable bonds is 3. The Balaban J connectivity index is 1.58. The van der Waals surface area contributed by atoms with Crippen molar-refractivity contribution >= 4 is 10.9 Å². The molecule has 3 nitrogen and oxygen atoms in total. The number of aromatic nitrogens is 1. The molecular formula is C21H25N2O+. The van der Waals surface area contributed by atoms with Gasteiger partial charge in [0.25, 0.3) is 0 Å². The molecule has 1 aromatic heterocycles. The summed E-state index contributed by atoms with van der Waals surface area (Å²) in [6.45, 7) is 7.66. The minimum Gasteiger partial charge on any atom is -0.496 e. The van der Waals surface area contributed by atoms with Crippen molar-refractivity contribution in [3.8, 4) is 5.75 Å². The summed E-state index contributed by atoms with van der Waals surface area (Å²) in [6, 6.07) is 13.1. The molecule has 4 rings (SSSR count). The van der Waals surface area contributed by atoms with Crippen molar-refractivity contribution in [2.24, 2.45) is 0 Å². The summed E-state index contributed by atoms with van der Waals surface area (Å²) in [5.41, 5.74) is 8.20. The Morgan fingerprint density at radius 1 is 1.12 bits per heavy atom. The van der Waals surface area contributed by atoms with Gasteiger partial charge in [-0.2, -0.15) is 0 Å². The number of methoxy groups -OCH3 is 1. The largest absolute Gasteiger partial charge is 0.496 e. The Labute approximate surface area is 143 Å². The van der Waals surface area contributed by atoms with Gasteiger partial charge in [0.05, 0.1) is 19.3 Å². The van der Waals surface area contributed by atoms with Gasteiger partial charge in [0, 0.05) is 22.9 Å². The van der Waals surface area contributed by atoms with Crippen molar-refractivity contribution in [3.05, 3.63) is 64.3 Å². The second-order valence-electron chi connectivity index (χ2n) is 6.98. The highest BCUT2D eigenvalue weighted by Crippen LogP contribution is 2.25. The zero-order valence-corrected chi connectivity index (χ0v) is 14.7. The summed E-state index contributed by atoms with van der Waals surface area (Å²) in [4.78, 5) is 5.26. The Bertz CT molecular complexity index is 894. The molecule has 0 amide bonds. The summed E-state index contributed by atoms with van der Waals surface area (Å²) in [5.74, 6) is 0.989. The average molecular weight is 321 g/mol. The van der Waals surface area contributed by atoms with Crippen LogP contribution in [0, 0.1) is 13.8 Å². The monoisotopic (exact) mass is 321 g/mol. The lowest BCUT2D eigenvalue weighted by Crippen LogP contribution is -3.10. The number of nitrogens with one attached hydrogen (secondary N) is 2. The van der Waals surface area contributed by atoms with E-state index in [0.29, 0.717) is 0 Å². The van der Waals surface area contributed by atoms with Crippen molar-refractivity contribution in [1.82, 2.24) is 4.98 Å². The number of H-pyrrole nitrogens is 1. The molecule has 0 saturated heterocycles. The summed E-state index contributed by atoms with van der Waals surface area (Å²) in [7, 11) is 1.74. The first-order valence-corrected chi connectivity index (χ1v) is 8.72. The van der Waals surface area contributed by atoms with Crippen LogP contribution in [-0.2, 0) is 19.5 Å². The molecule has 2 N–H and O–H groups in total. The van der Waals surface area contributed by atoms with E-state index >= 15 is 0 Å². The molecule has 1 atom stereocenters. The molecule has 1 aliphatic heterocycles. The lowest BCUT2D eigenvalue weighted by molar-refractivity contribution is -0.929. The van der Waals surface area contributed by atoms with Gasteiger partial charge in [0.15, 0.2) is 0 Å². The number of quaternary nitrogens is 1. The Morgan fingerprint density at radius 2 is 1.96 bits per heavy atom. The molecule has 2 aromatic carbocycles. The van der Waals surface area contributed by atoms with Crippen LogP contribution in [-0.4, -0.2) is 18.6 Å². The van der Waals surface area contributed by atoms with Gasteiger partial charge in [-0.05, 0) is 48.7 Å². The van der Waals surface area contributed by atoms with Crippen LogP contribution in [0.15, 0.2) is 36.4 Å². The molecule has 0 spiro atoms. The molecule has 0 radical (unpaired) electrons. The fourth-order valence-corrected chi connectivity index (χ4v) is 4.01. The number of aryl methyl sites for hydroxylation is 2. The van der Waals surface area contributed by atoms with Crippen LogP contribution in [0.4, 0.5) is 0 Å². The minimum absolute atomic E-state index is 0.989. The van der Waals surface area contributed by atoms with E-state index in [-0.39, 0.29) is 0 Å². The van der Waals surface area contributed by atoms with Crippen LogP contribution < -0.4 is 9.64 Å². The summed E-state index contributed by atoms with van der Waals surface area (Å²) in [5, 5.41) is 1.41. The van der Waals surface area contributed by atoms with E-state index in [4.69, 9.17) is 4.74 Å². The summed E-state index contributed by atoms with van der Waals surface area (Å²) in [6.07, 6.45) is 1.16. The third-order valence-corrected chi connectivity index (χ3v) is 5.35. The maximum Gasteiger partial charge on any atom is 0.122 e. The number of hydrogen-bond donors (Lipinski definition) is 2. The molecule has 3 heteroatoms. The van der Waals surface area contributed by atoms with Gasteiger partial charge in [-0.15, -0.1) is 0 Å². The van der Waals surface area contributed by atoms with Crippen LogP contribution in [0.2, 0.25) is 0 Å². The van der Waals surface area contributed by atoms with Crippen LogP contribution in [0.3, 0.4) is 0 Å². The first-order chi connectivity index (χ1) is 11.7. The van der Waals surface area contributed by atoms with Gasteiger partial charge in [-0.1, -0.05) is 18.2 Å². The van der Waals surface area contributed by atoms with Gasteiger partial charge >= 0.3 is 0 Å². The molecule has 24 heavy (non-hydrogen) atoms. The fourth-order valence-electron chi connectivity index (χ4n) is 4.01. The Hall–Kier alpha value is -2.26. The quantitative estimate of drug-likeness (QED) is 0.763. The third-order valence-electron chi connectivity index (χ3n) is 5.35. The highest BCUT2D eigenvalue weighted by Gasteiger charge is 2.24. The SMILES string of the molecule is COc1cc(C)c(C[NH+]2CCc3c([nH]c4ccccc34)C2)cc1C. The van der Waals surface area contributed by atoms with Crippen LogP contribution in [0.25, 0.3) is 10.9 Å². The molecular weight excluding hydrogens is 296 g/mol. The molecule has 0 aliphatic carbocycles. The van der Waals surface area contributed by atoms with Crippen molar-refractivity contribution in [2.45, 2.75) is 33.4 Å². The van der Waals surface area contributed by atoms with Crippen molar-refractivity contribution in [3.63, 3.8) is 0 Å². The molecule has 2 heterocycles. The van der Waals surface area contributed by atoms with Gasteiger partial charge in [-0.3, -0.25) is 0 Å². The number of para-hydroxylation sites is 1. The smallest absolute Gasteiger partial charge is 0.122 e. The lowest BCUT2D eigenvalue weighted by atomic mass is 10.0. The normalized spacial score (nSPS) is 17.0. The van der Waals surface area contributed by atoms with Crippen molar-refractivity contribution in [2.75, 3.05) is 13.7 Å². The predicted molar refractivity (Wildman–Crippen MR) is 97.7 cm³/mol. The highest BCUT2D eigenvalue weighted by atomic mass is 16.5. The van der Waals surface area contributed by atoms with E-state index in [2.05, 4.69) is 55.2 Å². The zero-order valence-electron chi connectivity index (χ0n) is 14.7. The molecule has 124 valence electrons. The van der Waals surface area contributed by atoms with Crippen LogP contribution in [0.1, 0.15) is 27.9 Å². The maximum atomic E-state index is 5.44. The molecule has 1 aliphatic rings. The van der Waals surface area contributed by atoms with E-state index in [1.807, 2.05) is 0 Å². The van der Waals surface area contributed by atoms with Crippen LogP contribution >= 0.6 is 0 Å². The average Bonchev–Trinajstić information content (AvgIpc) is 2.95. The fraction of sp³-hybridized carbons (Fsp3) is 0.333. The van der Waals surface area contributed by atoms with Crippen molar-refractivity contribution in [1.29, 1.82) is 0 Å². The van der Waals surface area contributed by atoms with Gasteiger partial charge in [0.1, 0.15) is 18.8 Å². The van der Waals surface area contributed by atoms with Gasteiger partial charge in [0.2, 0.25) is 0 Å². The third kappa shape index (κ3) is 2.59. The summed E-state index contributed by atoms with van der Waals surface area (Å²) >= 11 is 0. The van der Waals surface area contributed by atoms with E-state index < -0.39 is 0 Å². The molecule has 0 saturated carbocycles. The molecule has 3 aromatic rings. The molecule has 0 fully saturated rings. The second-order valence-corrected chi connectivity index (χ2v) is 6.98. The van der Waals surface area contributed by atoms with Gasteiger partial charge in [-0.25, -0.2) is 0 Å². The Kier molecular flexibility index (Phi) is 3.81. The molecule has 1 unspecified atom stereocenters. The first kappa shape index (κ1) is 15.3. The highest BCUT2D eigenvalue weighted by molar-refractivity contribution is 5.84. The number of hydrogen-bond acceptors (Lipinski definition) is 1. The number of fused-ring (bicyclic) bond motifs is 3. The zero-order chi connectivity index (χ0) is 16.7. The van der Waals surface area contributed by atoms with E-state index in [9.17, 15) is 0 Å². The second kappa shape index (κ2) is 5.99. The number of benzene rings is 2. The van der Waals surface area contributed by atoms with E-state index in [0.717, 1.165) is 25.3 Å². The minimum atomic E-state index is 0.989. The summed E-state index contributed by atoms with van der Waals surface area (Å²) < 4.78 is 5.44. The van der Waals surface area contributed by atoms with Crippen LogP contribution in [0.5, 0.6) is 5.75 Å². The van der Waals surface area contributed by atoms with Gasteiger partial charge < -0.3 is 14.6 Å². The van der Waals surface area contributed by atoms with E-state index in [1.165, 1.54) is 45.4 Å². The predicted octanol–water partition coefficient (Wildman–Crippen LogP) is 2.93. The standard InChI is InChI=1S/C21H24N2O/c1-14-11-21(24-3)15(2)10-16(14)12-23-9-8-18-17-6-4-5-7-19(17)22-20(18)13-23/h4-7,10-11,22H,8-9,12-13H2,1-3H3/p+1. The van der Waals surface area contributed by atoms with E-state index in [1.54, 1.807) is 12.0 Å². The maximum absolute atomic E-state index is 5.44.